The van der Waals surface area contributed by atoms with Crippen LogP contribution in [0.25, 0.3) is 0 Å². The van der Waals surface area contributed by atoms with Gasteiger partial charge in [-0.3, -0.25) is 4.79 Å². The molecule has 1 fully saturated rings. The third kappa shape index (κ3) is 2.09. The first kappa shape index (κ1) is 8.79. The van der Waals surface area contributed by atoms with E-state index in [0.717, 1.165) is 0 Å². The third-order valence-corrected chi connectivity index (χ3v) is 1.77. The first-order valence-corrected chi connectivity index (χ1v) is 3.61. The van der Waals surface area contributed by atoms with Gasteiger partial charge in [0, 0.05) is 19.0 Å². The molecule has 1 aliphatic heterocycles. The molecular weight excluding hydrogens is 162 g/mol. The summed E-state index contributed by atoms with van der Waals surface area (Å²) in [5, 5.41) is 13.1. The van der Waals surface area contributed by atoms with Gasteiger partial charge in [0.05, 0.1) is 6.04 Å². The molecule has 0 saturated carbocycles. The smallest absolute Gasteiger partial charge is 0.404 e. The van der Waals surface area contributed by atoms with E-state index in [-0.39, 0.29) is 24.9 Å². The maximum absolute atomic E-state index is 10.7. The molecule has 12 heavy (non-hydrogen) atoms. The Morgan fingerprint density at radius 3 is 2.92 bits per heavy atom. The summed E-state index contributed by atoms with van der Waals surface area (Å²) >= 11 is 0. The van der Waals surface area contributed by atoms with Gasteiger partial charge in [-0.1, -0.05) is 0 Å². The van der Waals surface area contributed by atoms with Gasteiger partial charge in [-0.2, -0.15) is 0 Å². The molecule has 0 aromatic heterocycles. The normalized spacial score (nSPS) is 29.2. The van der Waals surface area contributed by atoms with E-state index in [2.05, 4.69) is 10.6 Å². The predicted molar refractivity (Wildman–Crippen MR) is 40.6 cm³/mol. The fraction of sp³-hybridized carbons (Fsp3) is 0.667. The zero-order valence-electron chi connectivity index (χ0n) is 6.41. The van der Waals surface area contributed by atoms with Crippen molar-refractivity contribution in [3.05, 3.63) is 0 Å². The molecule has 5 N–H and O–H groups in total. The molecule has 68 valence electrons. The first-order chi connectivity index (χ1) is 5.59. The molecule has 2 atom stereocenters. The van der Waals surface area contributed by atoms with Crippen LogP contribution < -0.4 is 16.4 Å². The van der Waals surface area contributed by atoms with Gasteiger partial charge >= 0.3 is 6.09 Å². The van der Waals surface area contributed by atoms with E-state index < -0.39 is 12.1 Å². The zero-order valence-corrected chi connectivity index (χ0v) is 6.41. The molecule has 1 aliphatic rings. The standard InChI is InChI=1S/C6H11N3O3/c7-3-1-5(10)8-2-4(3)9-6(11)12/h3-4,9H,1-2,7H2,(H,8,10)(H,11,12)/t3-,4+/m0/s1. The lowest BCUT2D eigenvalue weighted by molar-refractivity contribution is -0.122. The minimum Gasteiger partial charge on any atom is -0.465 e. The van der Waals surface area contributed by atoms with Crippen molar-refractivity contribution in [1.82, 2.24) is 10.6 Å². The Morgan fingerprint density at radius 2 is 2.42 bits per heavy atom. The number of carbonyl (C=O) groups is 2. The molecule has 2 amide bonds. The lowest BCUT2D eigenvalue weighted by atomic mass is 10.0. The number of nitrogens with one attached hydrogen (secondary N) is 2. The molecule has 0 radical (unpaired) electrons. The van der Waals surface area contributed by atoms with Crippen molar-refractivity contribution in [2.45, 2.75) is 18.5 Å². The molecule has 1 heterocycles. The highest BCUT2D eigenvalue weighted by molar-refractivity contribution is 5.78. The summed E-state index contributed by atoms with van der Waals surface area (Å²) in [5.74, 6) is -0.133. The van der Waals surface area contributed by atoms with Gasteiger partial charge in [0.2, 0.25) is 5.91 Å². The SMILES string of the molecule is N[C@H]1CC(=O)NC[C@H]1NC(=O)O. The number of hydrogen-bond donors (Lipinski definition) is 4. The van der Waals surface area contributed by atoms with Gasteiger partial charge in [-0.05, 0) is 0 Å². The van der Waals surface area contributed by atoms with E-state index in [1.807, 2.05) is 0 Å². The van der Waals surface area contributed by atoms with Gasteiger partial charge in [-0.25, -0.2) is 4.79 Å². The quantitative estimate of drug-likeness (QED) is 0.386. The Morgan fingerprint density at radius 1 is 1.75 bits per heavy atom. The summed E-state index contributed by atoms with van der Waals surface area (Å²) in [6.07, 6.45) is -0.947. The van der Waals surface area contributed by atoms with Crippen LogP contribution in [0.4, 0.5) is 4.79 Å². The largest absolute Gasteiger partial charge is 0.465 e. The maximum Gasteiger partial charge on any atom is 0.404 e. The Kier molecular flexibility index (Phi) is 2.49. The number of carbonyl (C=O) groups excluding carboxylic acids is 1. The van der Waals surface area contributed by atoms with Gasteiger partial charge in [0.15, 0.2) is 0 Å². The second-order valence-electron chi connectivity index (χ2n) is 2.73. The van der Waals surface area contributed by atoms with Crippen molar-refractivity contribution >= 4 is 12.0 Å². The Bertz CT molecular complexity index is 206. The highest BCUT2D eigenvalue weighted by Crippen LogP contribution is 2.01. The van der Waals surface area contributed by atoms with Crippen LogP contribution in [-0.4, -0.2) is 35.7 Å². The average Bonchev–Trinajstić information content (AvgIpc) is 1.94. The third-order valence-electron chi connectivity index (χ3n) is 1.77. The van der Waals surface area contributed by atoms with Crippen LogP contribution in [0.2, 0.25) is 0 Å². The molecule has 1 rings (SSSR count). The Labute approximate surface area is 69.1 Å². The number of piperidine rings is 1. The van der Waals surface area contributed by atoms with Gasteiger partial charge in [0.25, 0.3) is 0 Å². The molecule has 0 unspecified atom stereocenters. The summed E-state index contributed by atoms with van der Waals surface area (Å²) < 4.78 is 0. The zero-order chi connectivity index (χ0) is 9.14. The van der Waals surface area contributed by atoms with Crippen LogP contribution in [0.15, 0.2) is 0 Å². The maximum atomic E-state index is 10.7. The van der Waals surface area contributed by atoms with Gasteiger partial charge in [0.1, 0.15) is 0 Å². The Balaban J connectivity index is 2.45. The fourth-order valence-electron chi connectivity index (χ4n) is 1.12. The molecule has 6 heteroatoms. The van der Waals surface area contributed by atoms with Crippen LogP contribution in [0, 0.1) is 0 Å². The molecule has 0 aromatic carbocycles. The molecule has 0 aromatic rings. The molecule has 0 spiro atoms. The fourth-order valence-corrected chi connectivity index (χ4v) is 1.12. The highest BCUT2D eigenvalue weighted by Gasteiger charge is 2.26. The molecule has 1 saturated heterocycles. The van der Waals surface area contributed by atoms with Crippen LogP contribution in [0.3, 0.4) is 0 Å². The topological polar surface area (TPSA) is 104 Å². The van der Waals surface area contributed by atoms with Crippen molar-refractivity contribution in [1.29, 1.82) is 0 Å². The summed E-state index contributed by atoms with van der Waals surface area (Å²) in [7, 11) is 0. The van der Waals surface area contributed by atoms with E-state index in [0.29, 0.717) is 0 Å². The van der Waals surface area contributed by atoms with Crippen molar-refractivity contribution in [2.24, 2.45) is 5.73 Å². The van der Waals surface area contributed by atoms with E-state index in [4.69, 9.17) is 10.8 Å². The monoisotopic (exact) mass is 173 g/mol. The van der Waals surface area contributed by atoms with Crippen LogP contribution >= 0.6 is 0 Å². The second-order valence-corrected chi connectivity index (χ2v) is 2.73. The summed E-state index contributed by atoms with van der Waals surface area (Å²) in [6.45, 7) is 0.270. The van der Waals surface area contributed by atoms with E-state index in [1.165, 1.54) is 0 Å². The highest BCUT2D eigenvalue weighted by atomic mass is 16.4. The lowest BCUT2D eigenvalue weighted by Crippen LogP contribution is -2.58. The number of rotatable bonds is 1. The lowest BCUT2D eigenvalue weighted by Gasteiger charge is -2.28. The van der Waals surface area contributed by atoms with Crippen LogP contribution in [0.1, 0.15) is 6.42 Å². The molecule has 6 nitrogen and oxygen atoms in total. The average molecular weight is 173 g/mol. The summed E-state index contributed by atoms with van der Waals surface area (Å²) in [5.41, 5.74) is 5.53. The number of hydrogen-bond acceptors (Lipinski definition) is 3. The molecule has 0 aliphatic carbocycles. The second kappa shape index (κ2) is 3.40. The predicted octanol–water partition coefficient (Wildman–Crippen LogP) is -1.53. The van der Waals surface area contributed by atoms with Crippen molar-refractivity contribution in [2.75, 3.05) is 6.54 Å². The molecule has 0 bridgehead atoms. The van der Waals surface area contributed by atoms with Crippen molar-refractivity contribution in [3.63, 3.8) is 0 Å². The van der Waals surface area contributed by atoms with E-state index in [9.17, 15) is 9.59 Å². The number of nitrogens with two attached hydrogens (primary N) is 1. The van der Waals surface area contributed by atoms with Crippen molar-refractivity contribution in [3.8, 4) is 0 Å². The van der Waals surface area contributed by atoms with E-state index in [1.54, 1.807) is 0 Å². The van der Waals surface area contributed by atoms with E-state index >= 15 is 0 Å². The first-order valence-electron chi connectivity index (χ1n) is 3.61. The minimum atomic E-state index is -1.12. The minimum absolute atomic E-state index is 0.133. The number of carboxylic acid groups (broad SMARTS) is 1. The number of amides is 2. The van der Waals surface area contributed by atoms with Gasteiger partial charge in [-0.15, -0.1) is 0 Å². The van der Waals surface area contributed by atoms with Crippen molar-refractivity contribution < 1.29 is 14.7 Å². The van der Waals surface area contributed by atoms with Crippen LogP contribution in [-0.2, 0) is 4.79 Å². The Hall–Kier alpha value is -1.30. The van der Waals surface area contributed by atoms with Crippen LogP contribution in [0.5, 0.6) is 0 Å². The summed E-state index contributed by atoms with van der Waals surface area (Å²) in [6, 6.07) is -0.796. The summed E-state index contributed by atoms with van der Waals surface area (Å²) in [4.78, 5) is 21.0. The molecular formula is C6H11N3O3. The van der Waals surface area contributed by atoms with Gasteiger partial charge < -0.3 is 21.5 Å².